The van der Waals surface area contributed by atoms with E-state index in [-0.39, 0.29) is 33.6 Å². The van der Waals surface area contributed by atoms with Gasteiger partial charge >= 0.3 is 0 Å². The number of pyridine rings is 1. The smallest absolute Gasteiger partial charge is 0.239 e. The minimum Gasteiger partial charge on any atom is -0.384 e. The molecule has 1 aromatic carbocycles. The van der Waals surface area contributed by atoms with E-state index in [1.807, 2.05) is 6.08 Å². The van der Waals surface area contributed by atoms with Crippen molar-refractivity contribution < 1.29 is 8.78 Å². The number of imidazole rings is 1. The van der Waals surface area contributed by atoms with Gasteiger partial charge in [0.25, 0.3) is 0 Å². The molecule has 0 bridgehead atoms. The first-order valence-corrected chi connectivity index (χ1v) is 12.0. The molecule has 9 nitrogen and oxygen atoms in total. The number of tetrazole rings is 1. The Balaban J connectivity index is 1.31. The van der Waals surface area contributed by atoms with Crippen molar-refractivity contribution in [2.24, 2.45) is 0 Å². The van der Waals surface area contributed by atoms with Gasteiger partial charge in [-0.15, -0.1) is 5.10 Å². The van der Waals surface area contributed by atoms with E-state index >= 15 is 4.39 Å². The summed E-state index contributed by atoms with van der Waals surface area (Å²) in [7, 11) is 0. The van der Waals surface area contributed by atoms with Crippen LogP contribution in [-0.2, 0) is 0 Å². The first-order chi connectivity index (χ1) is 17.4. The molecule has 0 aliphatic carbocycles. The molecule has 3 N–H and O–H groups in total. The van der Waals surface area contributed by atoms with Gasteiger partial charge in [0.15, 0.2) is 5.82 Å². The highest BCUT2D eigenvalue weighted by Gasteiger charge is 2.39. The quantitative estimate of drug-likeness (QED) is 0.396. The van der Waals surface area contributed by atoms with E-state index in [4.69, 9.17) is 28.9 Å². The Morgan fingerprint density at radius 3 is 2.81 bits per heavy atom. The third kappa shape index (κ3) is 3.83. The van der Waals surface area contributed by atoms with Gasteiger partial charge in [-0.2, -0.15) is 9.07 Å². The molecule has 0 radical (unpaired) electrons. The minimum absolute atomic E-state index is 0.0310. The maximum absolute atomic E-state index is 15.2. The molecule has 6 rings (SSSR count). The number of halogens is 4. The number of nitrogens with one attached hydrogen (secondary N) is 1. The molecular weight excluding hydrogens is 511 g/mol. The van der Waals surface area contributed by atoms with Gasteiger partial charge in [0, 0.05) is 29.9 Å². The Labute approximate surface area is 213 Å². The number of anilines is 1. The highest BCUT2D eigenvalue weighted by Crippen LogP contribution is 2.44. The number of fused-ring (bicyclic) bond motifs is 1. The van der Waals surface area contributed by atoms with Crippen LogP contribution in [0.1, 0.15) is 36.7 Å². The van der Waals surface area contributed by atoms with E-state index in [1.165, 1.54) is 29.3 Å². The minimum atomic E-state index is -0.652. The van der Waals surface area contributed by atoms with E-state index in [0.717, 1.165) is 18.4 Å². The lowest BCUT2D eigenvalue weighted by molar-refractivity contribution is 0.205. The average Bonchev–Trinajstić information content (AvgIpc) is 3.62. The standard InChI is InChI=1S/C23H19Cl2F2N9/c24-14-2-4-16(36-10-30-33-34-36)19(20(14)26)11-5-6-35-12(7-11)1-3-17(35)23-31-21(22(27)32-23)13-8-18(28)29-9-15(13)25/h2,4-5,8-10,12,17H,1,3,6-7H2,(H2,28,29)(H,31,32)/t12-,17+/m1/s1. The van der Waals surface area contributed by atoms with Crippen molar-refractivity contribution in [1.29, 1.82) is 0 Å². The van der Waals surface area contributed by atoms with Crippen LogP contribution in [0.2, 0.25) is 10.0 Å². The first-order valence-electron chi connectivity index (χ1n) is 11.2. The van der Waals surface area contributed by atoms with Crippen LogP contribution in [0, 0.1) is 11.8 Å². The summed E-state index contributed by atoms with van der Waals surface area (Å²) in [6, 6.07) is 4.69. The number of rotatable bonds is 4. The molecule has 0 amide bonds. The number of aromatic nitrogens is 7. The number of H-pyrrole nitrogens is 1. The van der Waals surface area contributed by atoms with Gasteiger partial charge in [-0.05, 0) is 53.5 Å². The summed E-state index contributed by atoms with van der Waals surface area (Å²) < 4.78 is 31.5. The second-order valence-electron chi connectivity index (χ2n) is 8.76. The normalized spacial score (nSPS) is 19.9. The van der Waals surface area contributed by atoms with Crippen LogP contribution in [0.5, 0.6) is 0 Å². The first kappa shape index (κ1) is 23.0. The van der Waals surface area contributed by atoms with E-state index in [1.54, 1.807) is 6.07 Å². The predicted molar refractivity (Wildman–Crippen MR) is 130 cm³/mol. The van der Waals surface area contributed by atoms with Crippen LogP contribution < -0.4 is 5.73 Å². The lowest BCUT2D eigenvalue weighted by Crippen LogP contribution is -2.35. The van der Waals surface area contributed by atoms with Crippen molar-refractivity contribution in [3.63, 3.8) is 0 Å². The molecule has 5 heterocycles. The highest BCUT2D eigenvalue weighted by molar-refractivity contribution is 6.33. The van der Waals surface area contributed by atoms with Crippen LogP contribution in [-0.4, -0.2) is 52.6 Å². The third-order valence-corrected chi connectivity index (χ3v) is 7.37. The zero-order chi connectivity index (χ0) is 25.0. The molecule has 2 aliphatic rings. The summed E-state index contributed by atoms with van der Waals surface area (Å²) in [5.41, 5.74) is 8.07. The maximum atomic E-state index is 15.2. The zero-order valence-corrected chi connectivity index (χ0v) is 20.2. The van der Waals surface area contributed by atoms with Crippen molar-refractivity contribution in [2.45, 2.75) is 31.3 Å². The second-order valence-corrected chi connectivity index (χ2v) is 9.58. The van der Waals surface area contributed by atoms with Crippen LogP contribution in [0.15, 0.2) is 36.8 Å². The summed E-state index contributed by atoms with van der Waals surface area (Å²) >= 11 is 12.4. The molecule has 36 heavy (non-hydrogen) atoms. The molecule has 184 valence electrons. The number of benzene rings is 1. The van der Waals surface area contributed by atoms with Gasteiger partial charge in [-0.25, -0.2) is 14.4 Å². The predicted octanol–water partition coefficient (Wildman–Crippen LogP) is 4.61. The summed E-state index contributed by atoms with van der Waals surface area (Å²) in [5, 5.41) is 11.5. The van der Waals surface area contributed by atoms with Crippen LogP contribution >= 0.6 is 23.2 Å². The molecule has 2 aliphatic heterocycles. The number of aromatic amines is 1. The average molecular weight is 530 g/mol. The van der Waals surface area contributed by atoms with Gasteiger partial charge in [-0.3, -0.25) is 4.90 Å². The van der Waals surface area contributed by atoms with Crippen LogP contribution in [0.25, 0.3) is 22.5 Å². The summed E-state index contributed by atoms with van der Waals surface area (Å²) in [6.45, 7) is 0.534. The molecule has 4 aromatic rings. The van der Waals surface area contributed by atoms with Crippen molar-refractivity contribution in [1.82, 2.24) is 40.1 Å². The van der Waals surface area contributed by atoms with E-state index in [9.17, 15) is 4.39 Å². The Hall–Kier alpha value is -3.41. The topological polar surface area (TPSA) is 114 Å². The number of nitrogen functional groups attached to an aromatic ring is 1. The molecular formula is C23H19Cl2F2N9. The van der Waals surface area contributed by atoms with E-state index in [2.05, 4.69) is 35.4 Å². The molecule has 1 fully saturated rings. The second kappa shape index (κ2) is 8.91. The molecule has 0 unspecified atom stereocenters. The lowest BCUT2D eigenvalue weighted by Gasteiger charge is -2.33. The van der Waals surface area contributed by atoms with Gasteiger partial charge in [0.05, 0.1) is 21.8 Å². The van der Waals surface area contributed by atoms with E-state index < -0.39 is 11.8 Å². The summed E-state index contributed by atoms with van der Waals surface area (Å²) in [6.07, 6.45) is 6.96. The monoisotopic (exact) mass is 529 g/mol. The SMILES string of the molecule is Nc1cc(-c2[nH]c([C@@H]3CC[C@@H]4CC(c5c(-n6cnnn6)ccc(Cl)c5F)=CCN43)nc2F)c(Cl)cn1. The summed E-state index contributed by atoms with van der Waals surface area (Å²) in [4.78, 5) is 13.5. The summed E-state index contributed by atoms with van der Waals surface area (Å²) in [5.74, 6) is -0.420. The zero-order valence-electron chi connectivity index (χ0n) is 18.7. The fourth-order valence-corrected chi connectivity index (χ4v) is 5.50. The van der Waals surface area contributed by atoms with Crippen LogP contribution in [0.3, 0.4) is 0 Å². The van der Waals surface area contributed by atoms with E-state index in [0.29, 0.717) is 35.6 Å². The van der Waals surface area contributed by atoms with Gasteiger partial charge < -0.3 is 10.7 Å². The lowest BCUT2D eigenvalue weighted by atomic mass is 9.92. The Bertz CT molecular complexity index is 1490. The van der Waals surface area contributed by atoms with Crippen molar-refractivity contribution in [3.05, 3.63) is 70.0 Å². The largest absolute Gasteiger partial charge is 0.384 e. The Morgan fingerprint density at radius 2 is 2.00 bits per heavy atom. The Morgan fingerprint density at radius 1 is 1.14 bits per heavy atom. The fourth-order valence-electron chi connectivity index (χ4n) is 5.14. The number of nitrogens with two attached hydrogens (primary N) is 1. The van der Waals surface area contributed by atoms with Gasteiger partial charge in [0.2, 0.25) is 5.95 Å². The fraction of sp³-hybridized carbons (Fsp3) is 0.261. The Kier molecular flexibility index (Phi) is 5.70. The molecule has 13 heteroatoms. The molecule has 0 spiro atoms. The number of nitrogens with zero attached hydrogens (tertiary/aromatic N) is 7. The van der Waals surface area contributed by atoms with Gasteiger partial charge in [0.1, 0.15) is 23.7 Å². The number of hydrogen-bond acceptors (Lipinski definition) is 7. The maximum Gasteiger partial charge on any atom is 0.239 e. The van der Waals surface area contributed by atoms with Gasteiger partial charge in [-0.1, -0.05) is 29.3 Å². The van der Waals surface area contributed by atoms with Crippen LogP contribution in [0.4, 0.5) is 14.6 Å². The third-order valence-electron chi connectivity index (χ3n) is 6.78. The van der Waals surface area contributed by atoms with Crippen molar-refractivity contribution >= 4 is 34.6 Å². The molecule has 0 saturated carbocycles. The van der Waals surface area contributed by atoms with Crippen molar-refractivity contribution in [2.75, 3.05) is 12.3 Å². The molecule has 2 atom stereocenters. The highest BCUT2D eigenvalue weighted by atomic mass is 35.5. The van der Waals surface area contributed by atoms with Crippen molar-refractivity contribution in [3.8, 4) is 16.9 Å². The number of hydrogen-bond donors (Lipinski definition) is 2. The molecule has 3 aromatic heterocycles. The molecule has 1 saturated heterocycles.